The monoisotopic (exact) mass is 263 g/mol. The Morgan fingerprint density at radius 1 is 1.16 bits per heavy atom. The molecule has 0 aromatic heterocycles. The van der Waals surface area contributed by atoms with Gasteiger partial charge in [0, 0.05) is 12.2 Å². The van der Waals surface area contributed by atoms with Crippen LogP contribution in [0.2, 0.25) is 0 Å². The number of benzene rings is 2. The Labute approximate surface area is 108 Å². The van der Waals surface area contributed by atoms with Crippen molar-refractivity contribution >= 4 is 11.7 Å². The standard InChI is InChI=1S/C14H11F2NO2/c15-10-3-1-2-9(6-10)8-17-11-4-5-13(16)12(7-11)14(18)19/h1-7,17H,8H2,(H,18,19). The molecule has 0 unspecified atom stereocenters. The van der Waals surface area contributed by atoms with Gasteiger partial charge < -0.3 is 10.4 Å². The number of rotatable bonds is 4. The minimum absolute atomic E-state index is 0.322. The molecule has 0 aliphatic rings. The van der Waals surface area contributed by atoms with E-state index in [0.717, 1.165) is 6.07 Å². The van der Waals surface area contributed by atoms with E-state index in [1.54, 1.807) is 12.1 Å². The third-order valence-corrected chi connectivity index (χ3v) is 2.58. The lowest BCUT2D eigenvalue weighted by atomic mass is 10.1. The van der Waals surface area contributed by atoms with Crippen molar-refractivity contribution in [2.45, 2.75) is 6.54 Å². The molecule has 2 aromatic carbocycles. The predicted octanol–water partition coefficient (Wildman–Crippen LogP) is 3.28. The maximum absolute atomic E-state index is 13.2. The summed E-state index contributed by atoms with van der Waals surface area (Å²) in [4.78, 5) is 10.8. The molecule has 0 aliphatic heterocycles. The lowest BCUT2D eigenvalue weighted by molar-refractivity contribution is 0.0692. The van der Waals surface area contributed by atoms with Gasteiger partial charge in [-0.05, 0) is 35.9 Å². The second kappa shape index (κ2) is 5.48. The maximum atomic E-state index is 13.2. The van der Waals surface area contributed by atoms with Crippen LogP contribution in [-0.4, -0.2) is 11.1 Å². The molecule has 0 radical (unpaired) electrons. The maximum Gasteiger partial charge on any atom is 0.338 e. The van der Waals surface area contributed by atoms with Crippen molar-refractivity contribution in [3.63, 3.8) is 0 Å². The number of hydrogen-bond donors (Lipinski definition) is 2. The molecule has 2 aromatic rings. The van der Waals surface area contributed by atoms with Gasteiger partial charge in [-0.2, -0.15) is 0 Å². The molecule has 0 atom stereocenters. The van der Waals surface area contributed by atoms with Crippen LogP contribution < -0.4 is 5.32 Å². The summed E-state index contributed by atoms with van der Waals surface area (Å²) in [5, 5.41) is 11.7. The van der Waals surface area contributed by atoms with Crippen LogP contribution in [0.15, 0.2) is 42.5 Å². The van der Waals surface area contributed by atoms with E-state index in [4.69, 9.17) is 5.11 Å². The van der Waals surface area contributed by atoms with Gasteiger partial charge in [-0.25, -0.2) is 13.6 Å². The molecule has 0 fully saturated rings. The van der Waals surface area contributed by atoms with Crippen molar-refractivity contribution in [1.82, 2.24) is 0 Å². The largest absolute Gasteiger partial charge is 0.478 e. The first kappa shape index (κ1) is 13.0. The van der Waals surface area contributed by atoms with E-state index in [-0.39, 0.29) is 5.82 Å². The van der Waals surface area contributed by atoms with Crippen molar-refractivity contribution in [1.29, 1.82) is 0 Å². The zero-order valence-electron chi connectivity index (χ0n) is 9.86. The average Bonchev–Trinajstić information content (AvgIpc) is 2.37. The Bertz CT molecular complexity index is 614. The van der Waals surface area contributed by atoms with Crippen molar-refractivity contribution in [3.05, 3.63) is 65.2 Å². The number of nitrogens with one attached hydrogen (secondary N) is 1. The molecule has 0 aliphatic carbocycles. The first-order valence-corrected chi connectivity index (χ1v) is 5.57. The molecule has 0 bridgehead atoms. The fourth-order valence-electron chi connectivity index (χ4n) is 1.65. The number of carboxylic acid groups (broad SMARTS) is 1. The van der Waals surface area contributed by atoms with E-state index < -0.39 is 17.3 Å². The van der Waals surface area contributed by atoms with E-state index in [1.807, 2.05) is 0 Å². The van der Waals surface area contributed by atoms with Crippen LogP contribution in [-0.2, 0) is 6.54 Å². The Kier molecular flexibility index (Phi) is 3.75. The van der Waals surface area contributed by atoms with Gasteiger partial charge in [0.1, 0.15) is 11.6 Å². The van der Waals surface area contributed by atoms with Crippen LogP contribution in [0.3, 0.4) is 0 Å². The molecule has 0 heterocycles. The normalized spacial score (nSPS) is 10.2. The average molecular weight is 263 g/mol. The van der Waals surface area contributed by atoms with Crippen LogP contribution >= 0.6 is 0 Å². The number of aromatic carboxylic acids is 1. The molecule has 3 nitrogen and oxygen atoms in total. The topological polar surface area (TPSA) is 49.3 Å². The summed E-state index contributed by atoms with van der Waals surface area (Å²) in [5.41, 5.74) is 0.772. The van der Waals surface area contributed by atoms with Gasteiger partial charge in [-0.1, -0.05) is 12.1 Å². The number of hydrogen-bond acceptors (Lipinski definition) is 2. The Balaban J connectivity index is 2.12. The van der Waals surface area contributed by atoms with Gasteiger partial charge >= 0.3 is 5.97 Å². The summed E-state index contributed by atoms with van der Waals surface area (Å²) < 4.78 is 26.1. The highest BCUT2D eigenvalue weighted by Crippen LogP contribution is 2.16. The van der Waals surface area contributed by atoms with Crippen molar-refractivity contribution in [3.8, 4) is 0 Å². The zero-order chi connectivity index (χ0) is 13.8. The van der Waals surface area contributed by atoms with Crippen LogP contribution in [0.4, 0.5) is 14.5 Å². The zero-order valence-corrected chi connectivity index (χ0v) is 9.86. The SMILES string of the molecule is O=C(O)c1cc(NCc2cccc(F)c2)ccc1F. The van der Waals surface area contributed by atoms with Gasteiger partial charge in [0.05, 0.1) is 5.56 Å². The van der Waals surface area contributed by atoms with E-state index in [0.29, 0.717) is 17.8 Å². The molecule has 2 rings (SSSR count). The van der Waals surface area contributed by atoms with Gasteiger partial charge in [0.25, 0.3) is 0 Å². The summed E-state index contributed by atoms with van der Waals surface area (Å²) in [5.74, 6) is -2.46. The molecule has 0 amide bonds. The Morgan fingerprint density at radius 2 is 1.95 bits per heavy atom. The van der Waals surface area contributed by atoms with Crippen LogP contribution in [0.1, 0.15) is 15.9 Å². The molecular weight excluding hydrogens is 252 g/mol. The third kappa shape index (κ3) is 3.28. The molecule has 0 saturated carbocycles. The predicted molar refractivity (Wildman–Crippen MR) is 67.1 cm³/mol. The summed E-state index contributed by atoms with van der Waals surface area (Å²) in [7, 11) is 0. The summed E-state index contributed by atoms with van der Waals surface area (Å²) in [6.45, 7) is 0.322. The van der Waals surface area contributed by atoms with E-state index >= 15 is 0 Å². The smallest absolute Gasteiger partial charge is 0.338 e. The summed E-state index contributed by atoms with van der Waals surface area (Å²) in [6, 6.07) is 9.74. The lowest BCUT2D eigenvalue weighted by Crippen LogP contribution is -2.04. The van der Waals surface area contributed by atoms with Gasteiger partial charge in [0.2, 0.25) is 0 Å². The van der Waals surface area contributed by atoms with Crippen LogP contribution in [0.25, 0.3) is 0 Å². The fourth-order valence-corrected chi connectivity index (χ4v) is 1.65. The minimum atomic E-state index is -1.33. The highest BCUT2D eigenvalue weighted by molar-refractivity contribution is 5.89. The minimum Gasteiger partial charge on any atom is -0.478 e. The molecule has 19 heavy (non-hydrogen) atoms. The number of carboxylic acids is 1. The van der Waals surface area contributed by atoms with Gasteiger partial charge in [-0.15, -0.1) is 0 Å². The van der Waals surface area contributed by atoms with Gasteiger partial charge in [0.15, 0.2) is 0 Å². The molecule has 0 spiro atoms. The lowest BCUT2D eigenvalue weighted by Gasteiger charge is -2.08. The van der Waals surface area contributed by atoms with E-state index in [2.05, 4.69) is 5.32 Å². The summed E-state index contributed by atoms with van der Waals surface area (Å²) >= 11 is 0. The number of halogens is 2. The number of anilines is 1. The van der Waals surface area contributed by atoms with Crippen LogP contribution in [0.5, 0.6) is 0 Å². The fraction of sp³-hybridized carbons (Fsp3) is 0.0714. The second-order valence-corrected chi connectivity index (χ2v) is 3.98. The first-order valence-electron chi connectivity index (χ1n) is 5.57. The van der Waals surface area contributed by atoms with Crippen molar-refractivity contribution < 1.29 is 18.7 Å². The number of carbonyl (C=O) groups is 1. The molecule has 2 N–H and O–H groups in total. The first-order chi connectivity index (χ1) is 9.06. The summed E-state index contributed by atoms with van der Waals surface area (Å²) in [6.07, 6.45) is 0. The second-order valence-electron chi connectivity index (χ2n) is 3.98. The molecule has 5 heteroatoms. The quantitative estimate of drug-likeness (QED) is 0.890. The van der Waals surface area contributed by atoms with Crippen molar-refractivity contribution in [2.24, 2.45) is 0 Å². The highest BCUT2D eigenvalue weighted by atomic mass is 19.1. The van der Waals surface area contributed by atoms with Crippen LogP contribution in [0, 0.1) is 11.6 Å². The Hall–Kier alpha value is -2.43. The molecule has 98 valence electrons. The van der Waals surface area contributed by atoms with E-state index in [1.165, 1.54) is 24.3 Å². The highest BCUT2D eigenvalue weighted by Gasteiger charge is 2.10. The van der Waals surface area contributed by atoms with Gasteiger partial charge in [-0.3, -0.25) is 0 Å². The molecular formula is C14H11F2NO2. The Morgan fingerprint density at radius 3 is 2.63 bits per heavy atom. The van der Waals surface area contributed by atoms with Crippen molar-refractivity contribution in [2.75, 3.05) is 5.32 Å². The third-order valence-electron chi connectivity index (χ3n) is 2.58. The molecule has 0 saturated heterocycles. The van der Waals surface area contributed by atoms with E-state index in [9.17, 15) is 13.6 Å².